The summed E-state index contributed by atoms with van der Waals surface area (Å²) in [7, 11) is 0. The summed E-state index contributed by atoms with van der Waals surface area (Å²) in [5.74, 6) is 1.03. The zero-order chi connectivity index (χ0) is 12.5. The summed E-state index contributed by atoms with van der Waals surface area (Å²) in [5.41, 5.74) is 2.56. The Labute approximate surface area is 105 Å². The molecule has 0 fully saturated rings. The highest BCUT2D eigenvalue weighted by Crippen LogP contribution is 2.31. The second-order valence-corrected chi connectivity index (χ2v) is 4.51. The van der Waals surface area contributed by atoms with Gasteiger partial charge in [0.05, 0.1) is 18.4 Å². The average Bonchev–Trinajstić information content (AvgIpc) is 2.83. The van der Waals surface area contributed by atoms with Crippen molar-refractivity contribution >= 4 is 5.78 Å². The molecule has 0 amide bonds. The highest BCUT2D eigenvalue weighted by Gasteiger charge is 2.22. The number of ether oxygens (including phenoxy) is 1. The number of benzene rings is 1. The van der Waals surface area contributed by atoms with Crippen LogP contribution in [-0.4, -0.2) is 12.4 Å². The summed E-state index contributed by atoms with van der Waals surface area (Å²) >= 11 is 0. The number of carbonyl (C=O) groups excluding carboxylic acids is 1. The molecule has 0 saturated carbocycles. The minimum Gasteiger partial charge on any atom is -0.493 e. The van der Waals surface area contributed by atoms with E-state index in [1.807, 2.05) is 19.1 Å². The molecule has 0 saturated heterocycles. The van der Waals surface area contributed by atoms with Gasteiger partial charge in [0.25, 0.3) is 0 Å². The molecular formula is C15H14O3. The summed E-state index contributed by atoms with van der Waals surface area (Å²) in [6.45, 7) is 2.54. The van der Waals surface area contributed by atoms with E-state index in [2.05, 4.69) is 0 Å². The number of aryl methyl sites for hydroxylation is 2. The normalized spacial score (nSPS) is 13.8. The Bertz CT molecular complexity index is 596. The molecule has 0 aliphatic carbocycles. The number of carbonyl (C=O) groups is 1. The van der Waals surface area contributed by atoms with Crippen molar-refractivity contribution in [2.24, 2.45) is 0 Å². The molecule has 0 spiro atoms. The number of para-hydroxylation sites is 1. The number of ketones is 1. The molecule has 2 aromatic rings. The van der Waals surface area contributed by atoms with Gasteiger partial charge in [0.2, 0.25) is 5.78 Å². The molecule has 3 heteroatoms. The van der Waals surface area contributed by atoms with Crippen LogP contribution in [-0.2, 0) is 6.42 Å². The van der Waals surface area contributed by atoms with Crippen LogP contribution in [0.15, 0.2) is 34.9 Å². The van der Waals surface area contributed by atoms with E-state index in [1.165, 1.54) is 0 Å². The lowest BCUT2D eigenvalue weighted by Gasteiger charge is -2.19. The van der Waals surface area contributed by atoms with E-state index in [0.29, 0.717) is 17.9 Å². The molecule has 1 aliphatic rings. The lowest BCUT2D eigenvalue weighted by Crippen LogP contribution is -2.13. The molecule has 1 aromatic heterocycles. The van der Waals surface area contributed by atoms with Crippen LogP contribution < -0.4 is 4.74 Å². The van der Waals surface area contributed by atoms with Crippen LogP contribution >= 0.6 is 0 Å². The Hall–Kier alpha value is -2.03. The quantitative estimate of drug-likeness (QED) is 0.759. The summed E-state index contributed by atoms with van der Waals surface area (Å²) in [5, 5.41) is 0. The smallest absolute Gasteiger partial charge is 0.232 e. The van der Waals surface area contributed by atoms with Crippen molar-refractivity contribution in [3.63, 3.8) is 0 Å². The van der Waals surface area contributed by atoms with E-state index < -0.39 is 0 Å². The van der Waals surface area contributed by atoms with Crippen LogP contribution in [0.5, 0.6) is 5.75 Å². The van der Waals surface area contributed by atoms with E-state index >= 15 is 0 Å². The van der Waals surface area contributed by atoms with Crippen molar-refractivity contribution < 1.29 is 13.9 Å². The van der Waals surface area contributed by atoms with Gasteiger partial charge in [-0.15, -0.1) is 0 Å². The first-order valence-electron chi connectivity index (χ1n) is 6.11. The summed E-state index contributed by atoms with van der Waals surface area (Å²) in [6, 6.07) is 7.51. The van der Waals surface area contributed by atoms with Crippen LogP contribution in [0, 0.1) is 6.92 Å². The van der Waals surface area contributed by atoms with Gasteiger partial charge in [-0.25, -0.2) is 0 Å². The summed E-state index contributed by atoms with van der Waals surface area (Å²) in [6.07, 6.45) is 3.51. The highest BCUT2D eigenvalue weighted by molar-refractivity contribution is 6.10. The van der Waals surface area contributed by atoms with Gasteiger partial charge < -0.3 is 9.15 Å². The fraction of sp³-hybridized carbons (Fsp3) is 0.267. The third kappa shape index (κ3) is 1.72. The van der Waals surface area contributed by atoms with Gasteiger partial charge >= 0.3 is 0 Å². The third-order valence-corrected chi connectivity index (χ3v) is 3.25. The Kier molecular flexibility index (Phi) is 2.67. The van der Waals surface area contributed by atoms with E-state index in [4.69, 9.17) is 9.15 Å². The van der Waals surface area contributed by atoms with E-state index in [0.717, 1.165) is 29.7 Å². The number of hydrogen-bond donors (Lipinski definition) is 0. The lowest BCUT2D eigenvalue weighted by atomic mass is 9.98. The Morgan fingerprint density at radius 3 is 2.94 bits per heavy atom. The predicted octanol–water partition coefficient (Wildman–Crippen LogP) is 3.14. The molecule has 92 valence electrons. The minimum absolute atomic E-state index is 0.101. The molecule has 2 heterocycles. The lowest BCUT2D eigenvalue weighted by molar-refractivity contribution is 0.100. The van der Waals surface area contributed by atoms with Gasteiger partial charge in [0, 0.05) is 0 Å². The number of rotatable bonds is 2. The maximum Gasteiger partial charge on any atom is 0.232 e. The zero-order valence-electron chi connectivity index (χ0n) is 10.2. The highest BCUT2D eigenvalue weighted by atomic mass is 16.5. The Morgan fingerprint density at radius 1 is 1.28 bits per heavy atom. The molecular weight excluding hydrogens is 228 g/mol. The molecule has 1 aromatic carbocycles. The molecule has 18 heavy (non-hydrogen) atoms. The molecule has 0 atom stereocenters. The zero-order valence-corrected chi connectivity index (χ0v) is 10.2. The molecule has 0 unspecified atom stereocenters. The number of hydrogen-bond acceptors (Lipinski definition) is 3. The minimum atomic E-state index is -0.101. The molecule has 1 aliphatic heterocycles. The summed E-state index contributed by atoms with van der Waals surface area (Å²) < 4.78 is 10.9. The molecule has 3 nitrogen and oxygen atoms in total. The third-order valence-electron chi connectivity index (χ3n) is 3.25. The van der Waals surface area contributed by atoms with Gasteiger partial charge in [-0.05, 0) is 43.0 Å². The number of furan rings is 1. The van der Waals surface area contributed by atoms with Crippen LogP contribution in [0.25, 0.3) is 0 Å². The fourth-order valence-electron chi connectivity index (χ4n) is 2.30. The van der Waals surface area contributed by atoms with Gasteiger partial charge in [0.1, 0.15) is 5.75 Å². The predicted molar refractivity (Wildman–Crippen MR) is 67.1 cm³/mol. The average molecular weight is 242 g/mol. The van der Waals surface area contributed by atoms with E-state index in [-0.39, 0.29) is 5.78 Å². The molecule has 0 N–H and O–H groups in total. The first kappa shape index (κ1) is 11.1. The number of fused-ring (bicyclic) bond motifs is 1. The van der Waals surface area contributed by atoms with Crippen molar-refractivity contribution in [2.45, 2.75) is 19.8 Å². The second kappa shape index (κ2) is 4.33. The molecule has 0 radical (unpaired) electrons. The first-order valence-corrected chi connectivity index (χ1v) is 6.11. The van der Waals surface area contributed by atoms with E-state index in [9.17, 15) is 4.79 Å². The monoisotopic (exact) mass is 242 g/mol. The Balaban J connectivity index is 2.07. The topological polar surface area (TPSA) is 39.4 Å². The van der Waals surface area contributed by atoms with Crippen molar-refractivity contribution in [3.05, 3.63) is 53.0 Å². The van der Waals surface area contributed by atoms with Crippen molar-refractivity contribution in [1.82, 2.24) is 0 Å². The maximum absolute atomic E-state index is 12.4. The van der Waals surface area contributed by atoms with Gasteiger partial charge in [-0.3, -0.25) is 4.79 Å². The van der Waals surface area contributed by atoms with E-state index in [1.54, 1.807) is 18.4 Å². The van der Waals surface area contributed by atoms with Gasteiger partial charge in [0.15, 0.2) is 5.76 Å². The fourth-order valence-corrected chi connectivity index (χ4v) is 2.30. The van der Waals surface area contributed by atoms with Crippen molar-refractivity contribution in [1.29, 1.82) is 0 Å². The largest absolute Gasteiger partial charge is 0.493 e. The van der Waals surface area contributed by atoms with Crippen molar-refractivity contribution in [2.75, 3.05) is 6.61 Å². The second-order valence-electron chi connectivity index (χ2n) is 4.51. The standard InChI is InChI=1S/C15H14O3/c1-10-7-9-18-14(10)13(16)12-6-2-4-11-5-3-8-17-15(11)12/h2,4,6-7,9H,3,5,8H2,1H3. The van der Waals surface area contributed by atoms with Crippen molar-refractivity contribution in [3.8, 4) is 5.75 Å². The van der Waals surface area contributed by atoms with Crippen LogP contribution in [0.2, 0.25) is 0 Å². The SMILES string of the molecule is Cc1ccoc1C(=O)c1cccc2c1OCCC2. The van der Waals surface area contributed by atoms with Gasteiger partial charge in [-0.2, -0.15) is 0 Å². The maximum atomic E-state index is 12.4. The first-order chi connectivity index (χ1) is 8.77. The summed E-state index contributed by atoms with van der Waals surface area (Å²) in [4.78, 5) is 12.4. The van der Waals surface area contributed by atoms with Crippen LogP contribution in [0.4, 0.5) is 0 Å². The molecule has 3 rings (SSSR count). The van der Waals surface area contributed by atoms with Crippen LogP contribution in [0.1, 0.15) is 33.7 Å². The Morgan fingerprint density at radius 2 is 2.17 bits per heavy atom. The van der Waals surface area contributed by atoms with Gasteiger partial charge in [-0.1, -0.05) is 12.1 Å². The van der Waals surface area contributed by atoms with Crippen LogP contribution in [0.3, 0.4) is 0 Å². The molecule has 0 bridgehead atoms.